The van der Waals surface area contributed by atoms with Crippen molar-refractivity contribution in [2.24, 2.45) is 0 Å². The van der Waals surface area contributed by atoms with Gasteiger partial charge in [-0.1, -0.05) is 23.7 Å². The van der Waals surface area contributed by atoms with E-state index in [2.05, 4.69) is 32.0 Å². The van der Waals surface area contributed by atoms with Crippen LogP contribution in [0.1, 0.15) is 49.8 Å². The van der Waals surface area contributed by atoms with E-state index in [1.165, 1.54) is 0 Å². The molecule has 6 rings (SSSR count). The van der Waals surface area contributed by atoms with Gasteiger partial charge in [-0.15, -0.1) is 0 Å². The number of carbonyl (C=O) groups is 1. The number of nitrogens with one attached hydrogen (secondary N) is 3. The number of hydrogen-bond acceptors (Lipinski definition) is 7. The molecular weight excluding hydrogens is 511 g/mol. The number of alkyl carbamates (subject to hydrolysis) is 1. The number of nitriles is 1. The van der Waals surface area contributed by atoms with Gasteiger partial charge in [-0.2, -0.15) is 15.5 Å². The van der Waals surface area contributed by atoms with Gasteiger partial charge in [-0.25, -0.2) is 18.7 Å². The number of fused-ring (bicyclic) bond motifs is 1. The summed E-state index contributed by atoms with van der Waals surface area (Å²) in [5, 5.41) is 27.1. The monoisotopic (exact) mass is 534 g/mol. The number of alkyl halides is 1. The molecule has 3 aromatic heterocycles. The van der Waals surface area contributed by atoms with Crippen molar-refractivity contribution < 1.29 is 13.9 Å². The topological polar surface area (TPSA) is 133 Å². The summed E-state index contributed by atoms with van der Waals surface area (Å²) in [6.07, 6.45) is 1.75. The molecule has 2 saturated carbocycles. The first-order chi connectivity index (χ1) is 18.3. The Bertz CT molecular complexity index is 1570. The predicted molar refractivity (Wildman–Crippen MR) is 138 cm³/mol. The van der Waals surface area contributed by atoms with E-state index >= 15 is 4.39 Å². The summed E-state index contributed by atoms with van der Waals surface area (Å²) in [6, 6.07) is 12.6. The molecule has 2 aliphatic rings. The average Bonchev–Trinajstić information content (AvgIpc) is 3.21. The molecule has 0 spiro atoms. The van der Waals surface area contributed by atoms with E-state index in [9.17, 15) is 10.1 Å². The summed E-state index contributed by atoms with van der Waals surface area (Å²) in [4.78, 5) is 16.9. The highest BCUT2D eigenvalue weighted by Gasteiger charge is 2.43. The third-order valence-electron chi connectivity index (χ3n) is 7.12. The number of benzene rings is 1. The quantitative estimate of drug-likeness (QED) is 0.307. The van der Waals surface area contributed by atoms with Crippen molar-refractivity contribution in [1.29, 1.82) is 5.26 Å². The summed E-state index contributed by atoms with van der Waals surface area (Å²) < 4.78 is 22.3. The number of anilines is 2. The molecule has 0 saturated heterocycles. The lowest BCUT2D eigenvalue weighted by atomic mass is 10.0. The number of amides is 1. The van der Waals surface area contributed by atoms with Crippen molar-refractivity contribution >= 4 is 34.8 Å². The maximum absolute atomic E-state index is 15.3. The van der Waals surface area contributed by atoms with Gasteiger partial charge in [-0.3, -0.25) is 5.10 Å². The number of rotatable bonds is 6. The Morgan fingerprint density at radius 2 is 2.16 bits per heavy atom. The van der Waals surface area contributed by atoms with Gasteiger partial charge in [0.15, 0.2) is 16.8 Å². The van der Waals surface area contributed by atoms with Crippen molar-refractivity contribution in [2.45, 2.75) is 56.3 Å². The molecule has 2 aliphatic carbocycles. The van der Waals surface area contributed by atoms with Crippen LogP contribution in [0.15, 0.2) is 42.6 Å². The molecule has 1 amide bonds. The van der Waals surface area contributed by atoms with Crippen LogP contribution < -0.4 is 10.6 Å². The summed E-state index contributed by atoms with van der Waals surface area (Å²) in [5.74, 6) is 0.396. The minimum atomic E-state index is -1.35. The minimum absolute atomic E-state index is 0.222. The summed E-state index contributed by atoms with van der Waals surface area (Å²) >= 11 is 6.16. The van der Waals surface area contributed by atoms with Crippen LogP contribution in [0.3, 0.4) is 0 Å². The van der Waals surface area contributed by atoms with Crippen LogP contribution in [-0.2, 0) is 4.74 Å². The molecule has 2 fully saturated rings. The highest BCUT2D eigenvalue weighted by molar-refractivity contribution is 6.29. The molecule has 1 aromatic carbocycles. The van der Waals surface area contributed by atoms with Gasteiger partial charge in [0, 0.05) is 34.8 Å². The molecule has 0 bridgehead atoms. The maximum Gasteiger partial charge on any atom is 0.407 e. The Morgan fingerprint density at radius 3 is 2.95 bits per heavy atom. The number of ether oxygens (including phenoxy) is 1. The van der Waals surface area contributed by atoms with Crippen molar-refractivity contribution in [3.05, 3.63) is 59.0 Å². The van der Waals surface area contributed by atoms with Crippen LogP contribution in [-0.4, -0.2) is 48.7 Å². The number of carbonyl (C=O) groups excluding carboxylic acids is 1. The van der Waals surface area contributed by atoms with Crippen LogP contribution in [0.4, 0.5) is 20.8 Å². The van der Waals surface area contributed by atoms with E-state index in [4.69, 9.17) is 21.3 Å². The molecule has 0 aliphatic heterocycles. The van der Waals surface area contributed by atoms with E-state index in [1.807, 2.05) is 13.0 Å². The fourth-order valence-corrected chi connectivity index (χ4v) is 4.94. The first-order valence-corrected chi connectivity index (χ1v) is 12.7. The number of aromatic amines is 1. The standard InChI is InChI=1S/C26H24ClFN8O2/c1-26(7-8-26)32-25(37)38-20-6-5-16(23(20)28)17-10-22(34-33-17)31-24-19-11-21(27)35-36(19)13-18(30-24)15-4-2-3-14(9-15)12-29/h2-4,9-11,13,16,20,23H,5-8H2,1H3,(H,32,37)(H2,30,31,33,34)/t16-,20-,23-/m1/s1. The van der Waals surface area contributed by atoms with Gasteiger partial charge < -0.3 is 15.4 Å². The summed E-state index contributed by atoms with van der Waals surface area (Å²) in [7, 11) is 0. The molecule has 3 N–H and O–H groups in total. The second-order valence-electron chi connectivity index (χ2n) is 10.1. The average molecular weight is 535 g/mol. The molecule has 0 unspecified atom stereocenters. The molecule has 12 heteroatoms. The number of nitrogens with zero attached hydrogens (tertiary/aromatic N) is 5. The van der Waals surface area contributed by atoms with Crippen molar-refractivity contribution in [1.82, 2.24) is 30.1 Å². The van der Waals surface area contributed by atoms with E-state index < -0.39 is 24.3 Å². The summed E-state index contributed by atoms with van der Waals surface area (Å²) in [5.41, 5.74) is 2.81. The van der Waals surface area contributed by atoms with Gasteiger partial charge >= 0.3 is 6.09 Å². The van der Waals surface area contributed by atoms with E-state index in [-0.39, 0.29) is 10.7 Å². The molecule has 10 nitrogen and oxygen atoms in total. The highest BCUT2D eigenvalue weighted by atomic mass is 35.5. The Balaban J connectivity index is 1.21. The molecule has 3 atom stereocenters. The zero-order valence-corrected chi connectivity index (χ0v) is 21.2. The fraction of sp³-hybridized carbons (Fsp3) is 0.346. The fourth-order valence-electron chi connectivity index (χ4n) is 4.75. The number of hydrogen-bond donors (Lipinski definition) is 3. The van der Waals surface area contributed by atoms with E-state index in [1.54, 1.807) is 41.0 Å². The van der Waals surface area contributed by atoms with E-state index in [0.29, 0.717) is 46.9 Å². The zero-order chi connectivity index (χ0) is 26.4. The molecule has 3 heterocycles. The Kier molecular flexibility index (Phi) is 5.91. The minimum Gasteiger partial charge on any atom is -0.443 e. The largest absolute Gasteiger partial charge is 0.443 e. The lowest BCUT2D eigenvalue weighted by molar-refractivity contribution is 0.0546. The Morgan fingerprint density at radius 1 is 1.32 bits per heavy atom. The van der Waals surface area contributed by atoms with Crippen LogP contribution in [0, 0.1) is 11.3 Å². The number of H-pyrrole nitrogens is 1. The third kappa shape index (κ3) is 4.75. The summed E-state index contributed by atoms with van der Waals surface area (Å²) in [6.45, 7) is 1.94. The predicted octanol–water partition coefficient (Wildman–Crippen LogP) is 5.25. The second-order valence-corrected chi connectivity index (χ2v) is 10.4. The van der Waals surface area contributed by atoms with Crippen molar-refractivity contribution in [3.63, 3.8) is 0 Å². The van der Waals surface area contributed by atoms with Crippen LogP contribution in [0.2, 0.25) is 5.15 Å². The Hall–Kier alpha value is -4.17. The van der Waals surface area contributed by atoms with Crippen molar-refractivity contribution in [3.8, 4) is 17.3 Å². The molecule has 0 radical (unpaired) electrons. The first-order valence-electron chi connectivity index (χ1n) is 12.3. The van der Waals surface area contributed by atoms with Crippen LogP contribution in [0.5, 0.6) is 0 Å². The Labute approximate surface area is 222 Å². The van der Waals surface area contributed by atoms with Crippen LogP contribution >= 0.6 is 11.6 Å². The van der Waals surface area contributed by atoms with Crippen molar-refractivity contribution in [2.75, 3.05) is 5.32 Å². The molecule has 194 valence electrons. The zero-order valence-electron chi connectivity index (χ0n) is 20.4. The third-order valence-corrected chi connectivity index (χ3v) is 7.31. The van der Waals surface area contributed by atoms with Gasteiger partial charge in [0.1, 0.15) is 17.8 Å². The SMILES string of the molecule is CC1(NC(=O)O[C@@H]2CC[C@H](c3cc(Nc4nc(-c5cccc(C#N)c5)cn5nc(Cl)cc45)n[nH]3)[C@H]2F)CC1. The molecule has 38 heavy (non-hydrogen) atoms. The highest BCUT2D eigenvalue weighted by Crippen LogP contribution is 2.39. The van der Waals surface area contributed by atoms with Gasteiger partial charge in [0.05, 0.1) is 23.5 Å². The first kappa shape index (κ1) is 24.2. The van der Waals surface area contributed by atoms with E-state index in [0.717, 1.165) is 18.4 Å². The normalized spacial score (nSPS) is 21.7. The smallest absolute Gasteiger partial charge is 0.407 e. The second kappa shape index (κ2) is 9.29. The lowest BCUT2D eigenvalue weighted by Gasteiger charge is -2.19. The molecular formula is C26H24ClFN8O2. The molecule has 4 aromatic rings. The van der Waals surface area contributed by atoms with Gasteiger partial charge in [0.2, 0.25) is 0 Å². The lowest BCUT2D eigenvalue weighted by Crippen LogP contribution is -2.38. The van der Waals surface area contributed by atoms with Gasteiger partial charge in [-0.05, 0) is 44.7 Å². The van der Waals surface area contributed by atoms with Gasteiger partial charge in [0.25, 0.3) is 0 Å². The number of aromatic nitrogens is 5. The number of halogens is 2. The van der Waals surface area contributed by atoms with Crippen LogP contribution in [0.25, 0.3) is 16.8 Å². The maximum atomic E-state index is 15.3.